The van der Waals surface area contributed by atoms with E-state index in [9.17, 15) is 4.79 Å². The molecule has 0 aliphatic rings. The lowest BCUT2D eigenvalue weighted by atomic mass is 10.2. The molecule has 0 aliphatic heterocycles. The highest BCUT2D eigenvalue weighted by Crippen LogP contribution is 2.13. The zero-order valence-corrected chi connectivity index (χ0v) is 12.1. The van der Waals surface area contributed by atoms with Crippen molar-refractivity contribution in [1.29, 1.82) is 0 Å². The van der Waals surface area contributed by atoms with Crippen LogP contribution in [0.3, 0.4) is 0 Å². The lowest BCUT2D eigenvalue weighted by molar-refractivity contribution is 0.0493. The van der Waals surface area contributed by atoms with Crippen LogP contribution in [0.2, 0.25) is 5.02 Å². The van der Waals surface area contributed by atoms with E-state index in [0.717, 1.165) is 18.4 Å². The van der Waals surface area contributed by atoms with Crippen LogP contribution >= 0.6 is 11.6 Å². The van der Waals surface area contributed by atoms with Gasteiger partial charge in [0.05, 0.1) is 24.0 Å². The van der Waals surface area contributed by atoms with Crippen molar-refractivity contribution in [3.8, 4) is 0 Å². The lowest BCUT2D eigenvalue weighted by Gasteiger charge is -2.05. The molecule has 0 radical (unpaired) electrons. The average Bonchev–Trinajstić information content (AvgIpc) is 2.83. The van der Waals surface area contributed by atoms with Gasteiger partial charge in [-0.1, -0.05) is 11.6 Å². The molecule has 20 heavy (non-hydrogen) atoms. The number of aromatic nitrogens is 4. The molecule has 0 saturated carbocycles. The van der Waals surface area contributed by atoms with E-state index in [4.69, 9.17) is 16.3 Å². The van der Waals surface area contributed by atoms with Crippen LogP contribution in [-0.4, -0.2) is 32.3 Å². The number of hydrogen-bond acceptors (Lipinski definition) is 5. The Kier molecular flexibility index (Phi) is 4.68. The zero-order valence-electron chi connectivity index (χ0n) is 11.3. The third kappa shape index (κ3) is 3.77. The molecular weight excluding hydrogens is 280 g/mol. The highest BCUT2D eigenvalue weighted by atomic mass is 35.5. The molecule has 0 atom stereocenters. The molecule has 2 aromatic rings. The summed E-state index contributed by atoms with van der Waals surface area (Å²) in [4.78, 5) is 19.7. The van der Waals surface area contributed by atoms with Gasteiger partial charge in [-0.15, -0.1) is 0 Å². The number of carbonyl (C=O) groups is 1. The Labute approximate surface area is 121 Å². The minimum Gasteiger partial charge on any atom is -0.461 e. The van der Waals surface area contributed by atoms with Crippen LogP contribution in [0, 0.1) is 6.92 Å². The van der Waals surface area contributed by atoms with Gasteiger partial charge in [-0.05, 0) is 25.3 Å². The van der Waals surface area contributed by atoms with Gasteiger partial charge in [-0.25, -0.2) is 14.8 Å². The maximum absolute atomic E-state index is 11.8. The highest BCUT2D eigenvalue weighted by Gasteiger charge is 2.14. The summed E-state index contributed by atoms with van der Waals surface area (Å²) in [7, 11) is 1.86. The van der Waals surface area contributed by atoms with Crippen molar-refractivity contribution in [1.82, 2.24) is 19.7 Å². The van der Waals surface area contributed by atoms with Crippen molar-refractivity contribution in [2.24, 2.45) is 7.05 Å². The van der Waals surface area contributed by atoms with Gasteiger partial charge in [0.15, 0.2) is 5.69 Å². The van der Waals surface area contributed by atoms with E-state index in [1.165, 1.54) is 6.20 Å². The fourth-order valence-corrected chi connectivity index (χ4v) is 1.88. The Morgan fingerprint density at radius 3 is 2.95 bits per heavy atom. The number of aryl methyl sites for hydroxylation is 3. The maximum Gasteiger partial charge on any atom is 0.358 e. The van der Waals surface area contributed by atoms with Gasteiger partial charge in [-0.2, -0.15) is 5.10 Å². The Bertz CT molecular complexity index is 612. The van der Waals surface area contributed by atoms with Crippen LogP contribution in [0.15, 0.2) is 18.6 Å². The molecule has 0 saturated heterocycles. The number of nitrogens with zero attached hydrogens (tertiary/aromatic N) is 4. The predicted octanol–water partition coefficient (Wildman–Crippen LogP) is 1.96. The molecule has 0 aromatic carbocycles. The monoisotopic (exact) mass is 294 g/mol. The van der Waals surface area contributed by atoms with Gasteiger partial charge >= 0.3 is 5.97 Å². The van der Waals surface area contributed by atoms with Crippen LogP contribution in [0.5, 0.6) is 0 Å². The first kappa shape index (κ1) is 14.5. The van der Waals surface area contributed by atoms with Crippen LogP contribution in [0.4, 0.5) is 0 Å². The van der Waals surface area contributed by atoms with E-state index in [0.29, 0.717) is 12.4 Å². The van der Waals surface area contributed by atoms with E-state index in [2.05, 4.69) is 15.1 Å². The van der Waals surface area contributed by atoms with Crippen molar-refractivity contribution in [3.63, 3.8) is 0 Å². The summed E-state index contributed by atoms with van der Waals surface area (Å²) >= 11 is 5.87. The Morgan fingerprint density at radius 2 is 2.25 bits per heavy atom. The molecule has 0 bridgehead atoms. The molecule has 0 aliphatic carbocycles. The Balaban J connectivity index is 1.82. The first-order chi connectivity index (χ1) is 9.56. The summed E-state index contributed by atoms with van der Waals surface area (Å²) in [5, 5.41) is 4.28. The molecule has 0 spiro atoms. The number of rotatable bonds is 5. The quantitative estimate of drug-likeness (QED) is 0.623. The first-order valence-corrected chi connectivity index (χ1v) is 6.58. The molecule has 0 amide bonds. The van der Waals surface area contributed by atoms with Crippen molar-refractivity contribution in [3.05, 3.63) is 40.7 Å². The number of esters is 1. The van der Waals surface area contributed by atoms with Crippen molar-refractivity contribution >= 4 is 17.6 Å². The fourth-order valence-electron chi connectivity index (χ4n) is 1.71. The summed E-state index contributed by atoms with van der Waals surface area (Å²) in [6.07, 6.45) is 6.66. The molecule has 2 aromatic heterocycles. The standard InChI is InChI=1S/C13H15ClN4O2/c1-9-15-7-11(14)12(17-9)13(19)20-5-3-4-10-6-16-18(2)8-10/h6-8H,3-5H2,1-2H3. The molecule has 0 N–H and O–H groups in total. The minimum atomic E-state index is -0.522. The number of hydrogen-bond donors (Lipinski definition) is 0. The van der Waals surface area contributed by atoms with Crippen molar-refractivity contribution in [2.45, 2.75) is 19.8 Å². The van der Waals surface area contributed by atoms with Crippen molar-refractivity contribution in [2.75, 3.05) is 6.61 Å². The molecule has 2 heterocycles. The summed E-state index contributed by atoms with van der Waals surface area (Å²) in [5.41, 5.74) is 1.22. The molecule has 0 unspecified atom stereocenters. The summed E-state index contributed by atoms with van der Waals surface area (Å²) < 4.78 is 6.89. The van der Waals surface area contributed by atoms with Gasteiger partial charge in [-0.3, -0.25) is 4.68 Å². The first-order valence-electron chi connectivity index (χ1n) is 6.20. The molecule has 7 heteroatoms. The smallest absolute Gasteiger partial charge is 0.358 e. The van der Waals surface area contributed by atoms with Gasteiger partial charge in [0.2, 0.25) is 0 Å². The predicted molar refractivity (Wildman–Crippen MR) is 73.6 cm³/mol. The summed E-state index contributed by atoms with van der Waals surface area (Å²) in [6, 6.07) is 0. The topological polar surface area (TPSA) is 69.9 Å². The van der Waals surface area contributed by atoms with Gasteiger partial charge in [0.25, 0.3) is 0 Å². The number of ether oxygens (including phenoxy) is 1. The second-order valence-electron chi connectivity index (χ2n) is 4.38. The normalized spacial score (nSPS) is 10.6. The minimum absolute atomic E-state index is 0.112. The van der Waals surface area contributed by atoms with Crippen LogP contribution in [-0.2, 0) is 18.2 Å². The number of halogens is 1. The van der Waals surface area contributed by atoms with Crippen LogP contribution in [0.1, 0.15) is 28.3 Å². The van der Waals surface area contributed by atoms with E-state index in [1.807, 2.05) is 13.2 Å². The molecule has 106 valence electrons. The average molecular weight is 295 g/mol. The Morgan fingerprint density at radius 1 is 1.45 bits per heavy atom. The van der Waals surface area contributed by atoms with Gasteiger partial charge in [0, 0.05) is 13.2 Å². The third-order valence-corrected chi connectivity index (χ3v) is 2.94. The molecular formula is C13H15ClN4O2. The maximum atomic E-state index is 11.8. The highest BCUT2D eigenvalue weighted by molar-refractivity contribution is 6.33. The van der Waals surface area contributed by atoms with E-state index >= 15 is 0 Å². The zero-order chi connectivity index (χ0) is 14.5. The van der Waals surface area contributed by atoms with Crippen LogP contribution in [0.25, 0.3) is 0 Å². The van der Waals surface area contributed by atoms with E-state index in [1.54, 1.807) is 17.8 Å². The lowest BCUT2D eigenvalue weighted by Crippen LogP contribution is -2.11. The summed E-state index contributed by atoms with van der Waals surface area (Å²) in [6.45, 7) is 2.00. The largest absolute Gasteiger partial charge is 0.461 e. The molecule has 6 nitrogen and oxygen atoms in total. The van der Waals surface area contributed by atoms with Crippen LogP contribution < -0.4 is 0 Å². The SMILES string of the molecule is Cc1ncc(Cl)c(C(=O)OCCCc2cnn(C)c2)n1. The third-order valence-electron chi connectivity index (χ3n) is 2.66. The van der Waals surface area contributed by atoms with Gasteiger partial charge < -0.3 is 4.74 Å². The van der Waals surface area contributed by atoms with E-state index < -0.39 is 5.97 Å². The van der Waals surface area contributed by atoms with Crippen molar-refractivity contribution < 1.29 is 9.53 Å². The van der Waals surface area contributed by atoms with Gasteiger partial charge in [0.1, 0.15) is 5.82 Å². The van der Waals surface area contributed by atoms with E-state index in [-0.39, 0.29) is 10.7 Å². The molecule has 2 rings (SSSR count). The number of carbonyl (C=O) groups excluding carboxylic acids is 1. The second-order valence-corrected chi connectivity index (χ2v) is 4.78. The second kappa shape index (κ2) is 6.47. The fraction of sp³-hybridized carbons (Fsp3) is 0.385. The summed E-state index contributed by atoms with van der Waals surface area (Å²) in [5.74, 6) is -0.0385. The Hall–Kier alpha value is -1.95. The molecule has 0 fully saturated rings.